The molecule has 1 aliphatic carbocycles. The normalized spacial score (nSPS) is 20.9. The number of carboxylic acid groups (broad SMARTS) is 1. The fourth-order valence-electron chi connectivity index (χ4n) is 2.46. The lowest BCUT2D eigenvalue weighted by Crippen LogP contribution is -2.37. The molecule has 1 aliphatic rings. The monoisotopic (exact) mass is 299 g/mol. The zero-order valence-electron chi connectivity index (χ0n) is 13.7. The summed E-state index contributed by atoms with van der Waals surface area (Å²) in [5, 5.41) is 8.97. The van der Waals surface area contributed by atoms with Gasteiger partial charge >= 0.3 is 5.97 Å². The fourth-order valence-corrected chi connectivity index (χ4v) is 2.46. The summed E-state index contributed by atoms with van der Waals surface area (Å²) in [5.41, 5.74) is 0. The molecule has 2 atom stereocenters. The molecule has 1 fully saturated rings. The van der Waals surface area contributed by atoms with Crippen LogP contribution in [0.3, 0.4) is 0 Å². The maximum absolute atomic E-state index is 12.4. The zero-order chi connectivity index (χ0) is 16.0. The SMILES string of the molecule is CN(C)CCCN(CCCN(C)C)C(=O)[C@@H]1C[C@@H]1C(=O)O. The quantitative estimate of drug-likeness (QED) is 0.634. The van der Waals surface area contributed by atoms with Gasteiger partial charge in [0.15, 0.2) is 0 Å². The molecule has 0 saturated heterocycles. The lowest BCUT2D eigenvalue weighted by molar-refractivity contribution is -0.142. The molecule has 1 N–H and O–H groups in total. The summed E-state index contributed by atoms with van der Waals surface area (Å²) in [5.74, 6) is -1.56. The first kappa shape index (κ1) is 17.9. The van der Waals surface area contributed by atoms with E-state index in [1.165, 1.54) is 0 Å². The van der Waals surface area contributed by atoms with Gasteiger partial charge in [-0.05, 0) is 60.5 Å². The van der Waals surface area contributed by atoms with Crippen LogP contribution in [-0.2, 0) is 9.59 Å². The Morgan fingerprint density at radius 1 is 0.905 bits per heavy atom. The number of carboxylic acids is 1. The molecule has 0 bridgehead atoms. The molecule has 0 aromatic rings. The molecule has 0 aromatic heterocycles. The van der Waals surface area contributed by atoms with E-state index in [2.05, 4.69) is 9.80 Å². The molecule has 0 heterocycles. The van der Waals surface area contributed by atoms with E-state index in [0.29, 0.717) is 19.5 Å². The molecule has 0 spiro atoms. The van der Waals surface area contributed by atoms with Crippen molar-refractivity contribution in [2.24, 2.45) is 11.8 Å². The van der Waals surface area contributed by atoms with E-state index in [-0.39, 0.29) is 11.8 Å². The standard InChI is InChI=1S/C15H29N3O3/c1-16(2)7-5-9-18(10-6-8-17(3)4)14(19)12-11-13(12)15(20)21/h12-13H,5-11H2,1-4H3,(H,20,21)/t12-,13+/m1/s1. The second kappa shape index (κ2) is 8.34. The lowest BCUT2D eigenvalue weighted by atomic mass is 10.2. The van der Waals surface area contributed by atoms with Crippen molar-refractivity contribution in [2.75, 3.05) is 54.4 Å². The number of rotatable bonds is 10. The molecule has 0 unspecified atom stereocenters. The van der Waals surface area contributed by atoms with Crippen molar-refractivity contribution in [3.8, 4) is 0 Å². The van der Waals surface area contributed by atoms with Crippen LogP contribution in [0.1, 0.15) is 19.3 Å². The van der Waals surface area contributed by atoms with Crippen molar-refractivity contribution in [1.29, 1.82) is 0 Å². The summed E-state index contributed by atoms with van der Waals surface area (Å²) >= 11 is 0. The maximum Gasteiger partial charge on any atom is 0.307 e. The number of carbonyl (C=O) groups excluding carboxylic acids is 1. The van der Waals surface area contributed by atoms with Crippen LogP contribution >= 0.6 is 0 Å². The van der Waals surface area contributed by atoms with Crippen molar-refractivity contribution < 1.29 is 14.7 Å². The van der Waals surface area contributed by atoms with Gasteiger partial charge in [-0.1, -0.05) is 0 Å². The highest BCUT2D eigenvalue weighted by molar-refractivity contribution is 5.89. The van der Waals surface area contributed by atoms with Crippen molar-refractivity contribution in [3.63, 3.8) is 0 Å². The molecular weight excluding hydrogens is 270 g/mol. The molecule has 0 aliphatic heterocycles. The lowest BCUT2D eigenvalue weighted by Gasteiger charge is -2.24. The van der Waals surface area contributed by atoms with Crippen LogP contribution < -0.4 is 0 Å². The van der Waals surface area contributed by atoms with Gasteiger partial charge in [0.25, 0.3) is 0 Å². The van der Waals surface area contributed by atoms with E-state index < -0.39 is 11.9 Å². The second-order valence-electron chi connectivity index (χ2n) is 6.43. The number of carbonyl (C=O) groups is 2. The molecule has 1 saturated carbocycles. The third-order valence-electron chi connectivity index (χ3n) is 3.80. The number of aliphatic carboxylic acids is 1. The molecule has 122 valence electrons. The third-order valence-corrected chi connectivity index (χ3v) is 3.80. The van der Waals surface area contributed by atoms with Crippen LogP contribution in [0.5, 0.6) is 0 Å². The molecule has 6 nitrogen and oxygen atoms in total. The molecule has 0 radical (unpaired) electrons. The van der Waals surface area contributed by atoms with Crippen molar-refractivity contribution >= 4 is 11.9 Å². The Morgan fingerprint density at radius 3 is 1.71 bits per heavy atom. The number of amides is 1. The first-order valence-corrected chi connectivity index (χ1v) is 7.64. The third kappa shape index (κ3) is 6.44. The number of hydrogen-bond acceptors (Lipinski definition) is 4. The molecule has 6 heteroatoms. The predicted octanol–water partition coefficient (Wildman–Crippen LogP) is 0.439. The second-order valence-corrected chi connectivity index (χ2v) is 6.43. The van der Waals surface area contributed by atoms with Gasteiger partial charge in [0.2, 0.25) is 5.91 Å². The Hall–Kier alpha value is -1.14. The van der Waals surface area contributed by atoms with Crippen LogP contribution in [0.15, 0.2) is 0 Å². The van der Waals surface area contributed by atoms with Crippen molar-refractivity contribution in [1.82, 2.24) is 14.7 Å². The Bertz CT molecular complexity index is 344. The van der Waals surface area contributed by atoms with Gasteiger partial charge in [-0.2, -0.15) is 0 Å². The predicted molar refractivity (Wildman–Crippen MR) is 82.2 cm³/mol. The van der Waals surface area contributed by atoms with Gasteiger partial charge in [0.05, 0.1) is 11.8 Å². The van der Waals surface area contributed by atoms with E-state index in [1.54, 1.807) is 0 Å². The van der Waals surface area contributed by atoms with Gasteiger partial charge in [0, 0.05) is 13.1 Å². The maximum atomic E-state index is 12.4. The van der Waals surface area contributed by atoms with E-state index in [0.717, 1.165) is 25.9 Å². The summed E-state index contributed by atoms with van der Waals surface area (Å²) in [6.07, 6.45) is 2.35. The molecule has 1 amide bonds. The van der Waals surface area contributed by atoms with Gasteiger partial charge in [-0.3, -0.25) is 9.59 Å². The smallest absolute Gasteiger partial charge is 0.307 e. The molecule has 0 aromatic carbocycles. The summed E-state index contributed by atoms with van der Waals surface area (Å²) in [7, 11) is 8.05. The average molecular weight is 299 g/mol. The van der Waals surface area contributed by atoms with Gasteiger partial charge in [-0.15, -0.1) is 0 Å². The van der Waals surface area contributed by atoms with Gasteiger partial charge in [0.1, 0.15) is 0 Å². The zero-order valence-corrected chi connectivity index (χ0v) is 13.7. The van der Waals surface area contributed by atoms with Crippen LogP contribution in [0, 0.1) is 11.8 Å². The summed E-state index contributed by atoms with van der Waals surface area (Å²) in [4.78, 5) is 29.4. The van der Waals surface area contributed by atoms with Crippen LogP contribution in [0.25, 0.3) is 0 Å². The van der Waals surface area contributed by atoms with E-state index >= 15 is 0 Å². The van der Waals surface area contributed by atoms with Gasteiger partial charge in [-0.25, -0.2) is 0 Å². The highest BCUT2D eigenvalue weighted by Gasteiger charge is 2.49. The fraction of sp³-hybridized carbons (Fsp3) is 0.867. The van der Waals surface area contributed by atoms with Gasteiger partial charge < -0.3 is 19.8 Å². The van der Waals surface area contributed by atoms with Crippen molar-refractivity contribution in [3.05, 3.63) is 0 Å². The largest absolute Gasteiger partial charge is 0.481 e. The van der Waals surface area contributed by atoms with Crippen LogP contribution in [0.4, 0.5) is 0 Å². The minimum absolute atomic E-state index is 0.0277. The Labute approximate surface area is 127 Å². The van der Waals surface area contributed by atoms with Crippen LogP contribution in [0.2, 0.25) is 0 Å². The first-order chi connectivity index (χ1) is 9.82. The summed E-state index contributed by atoms with van der Waals surface area (Å²) in [6.45, 7) is 3.30. The molecular formula is C15H29N3O3. The van der Waals surface area contributed by atoms with E-state index in [1.807, 2.05) is 33.1 Å². The summed E-state index contributed by atoms with van der Waals surface area (Å²) < 4.78 is 0. The highest BCUT2D eigenvalue weighted by atomic mass is 16.4. The van der Waals surface area contributed by atoms with E-state index in [9.17, 15) is 9.59 Å². The number of hydrogen-bond donors (Lipinski definition) is 1. The minimum atomic E-state index is -0.838. The van der Waals surface area contributed by atoms with Crippen molar-refractivity contribution in [2.45, 2.75) is 19.3 Å². The van der Waals surface area contributed by atoms with E-state index in [4.69, 9.17) is 5.11 Å². The average Bonchev–Trinajstić information content (AvgIpc) is 3.15. The topological polar surface area (TPSA) is 64.1 Å². The van der Waals surface area contributed by atoms with Crippen LogP contribution in [-0.4, -0.2) is 86.1 Å². The Balaban J connectivity index is 2.46. The Kier molecular flexibility index (Phi) is 7.11. The summed E-state index contributed by atoms with van der Waals surface area (Å²) in [6, 6.07) is 0. The molecule has 21 heavy (non-hydrogen) atoms. The first-order valence-electron chi connectivity index (χ1n) is 7.64. The minimum Gasteiger partial charge on any atom is -0.481 e. The highest BCUT2D eigenvalue weighted by Crippen LogP contribution is 2.40. The Morgan fingerprint density at radius 2 is 1.38 bits per heavy atom. The molecule has 1 rings (SSSR count). The number of nitrogens with zero attached hydrogens (tertiary/aromatic N) is 3.